The molecule has 1 aromatic carbocycles. The summed E-state index contributed by atoms with van der Waals surface area (Å²) < 4.78 is 4.96. The average Bonchev–Trinajstić information content (AvgIpc) is 2.27. The molecule has 0 atom stereocenters. The van der Waals surface area contributed by atoms with Crippen molar-refractivity contribution >= 4 is 11.9 Å². The summed E-state index contributed by atoms with van der Waals surface area (Å²) in [6.45, 7) is 0.444. The van der Waals surface area contributed by atoms with Gasteiger partial charge in [-0.1, -0.05) is 30.3 Å². The summed E-state index contributed by atoms with van der Waals surface area (Å²) in [5.41, 5.74) is 5.98. The third-order valence-corrected chi connectivity index (χ3v) is 1.79. The van der Waals surface area contributed by atoms with E-state index in [1.54, 1.807) is 0 Å². The summed E-state index contributed by atoms with van der Waals surface area (Å²) >= 11 is 0. The van der Waals surface area contributed by atoms with E-state index >= 15 is 0 Å². The molecular formula is C11H14N3O2. The van der Waals surface area contributed by atoms with E-state index in [2.05, 4.69) is 5.32 Å². The van der Waals surface area contributed by atoms with Gasteiger partial charge < -0.3 is 15.8 Å². The van der Waals surface area contributed by atoms with E-state index in [4.69, 9.17) is 15.9 Å². The maximum atomic E-state index is 11.2. The Bertz CT molecular complexity index is 352. The van der Waals surface area contributed by atoms with Crippen LogP contribution in [0.5, 0.6) is 0 Å². The smallest absolute Gasteiger partial charge is 0.312 e. The molecule has 0 fully saturated rings. The number of benzene rings is 1. The number of guanidine groups is 1. The monoisotopic (exact) mass is 220 g/mol. The van der Waals surface area contributed by atoms with Gasteiger partial charge in [0.05, 0.1) is 6.42 Å². The number of carbonyl (C=O) groups excluding carboxylic acids is 1. The molecule has 0 spiro atoms. The van der Waals surface area contributed by atoms with Gasteiger partial charge in [0.2, 0.25) is 0 Å². The Labute approximate surface area is 94.1 Å². The molecule has 0 unspecified atom stereocenters. The standard InChI is InChI=1S/C11H14N3O2/c12-11(13)14-7-6-10(15)16-8-9-4-2-1-3-5-9/h1-6H,7-8H2,(H4,12,13,14). The van der Waals surface area contributed by atoms with Gasteiger partial charge >= 0.3 is 5.97 Å². The highest BCUT2D eigenvalue weighted by Gasteiger charge is 2.03. The molecule has 1 rings (SSSR count). The van der Waals surface area contributed by atoms with Crippen LogP contribution in [0.15, 0.2) is 30.3 Å². The van der Waals surface area contributed by atoms with Crippen molar-refractivity contribution < 1.29 is 9.53 Å². The molecule has 85 valence electrons. The van der Waals surface area contributed by atoms with Crippen LogP contribution in [0.2, 0.25) is 0 Å². The lowest BCUT2D eigenvalue weighted by atomic mass is 10.2. The molecule has 0 amide bonds. The van der Waals surface area contributed by atoms with Gasteiger partial charge in [-0.05, 0) is 5.56 Å². The minimum Gasteiger partial charge on any atom is -0.461 e. The summed E-state index contributed by atoms with van der Waals surface area (Å²) in [6.07, 6.45) is 1.30. The predicted octanol–water partition coefficient (Wildman–Crippen LogP) is 0.417. The predicted molar refractivity (Wildman–Crippen MR) is 60.5 cm³/mol. The zero-order valence-electron chi connectivity index (χ0n) is 8.77. The first-order valence-electron chi connectivity index (χ1n) is 4.80. The number of ether oxygens (including phenoxy) is 1. The topological polar surface area (TPSA) is 88.2 Å². The maximum Gasteiger partial charge on any atom is 0.312 e. The number of rotatable bonds is 5. The van der Waals surface area contributed by atoms with Crippen molar-refractivity contribution in [1.29, 1.82) is 5.41 Å². The lowest BCUT2D eigenvalue weighted by Gasteiger charge is -2.05. The van der Waals surface area contributed by atoms with Gasteiger partial charge in [0.25, 0.3) is 0 Å². The number of carbonyl (C=O) groups is 1. The Morgan fingerprint density at radius 3 is 2.75 bits per heavy atom. The fourth-order valence-electron chi connectivity index (χ4n) is 1.03. The first-order valence-corrected chi connectivity index (χ1v) is 4.80. The van der Waals surface area contributed by atoms with Gasteiger partial charge in [-0.25, -0.2) is 0 Å². The SMILES string of the molecule is N=C(N)NC[CH]C(=O)OCc1ccccc1. The van der Waals surface area contributed by atoms with Crippen LogP contribution in [-0.4, -0.2) is 18.5 Å². The Balaban J connectivity index is 2.18. The summed E-state index contributed by atoms with van der Waals surface area (Å²) in [7, 11) is 0. The fraction of sp³-hybridized carbons (Fsp3) is 0.182. The van der Waals surface area contributed by atoms with Gasteiger partial charge in [0, 0.05) is 6.54 Å². The van der Waals surface area contributed by atoms with E-state index in [9.17, 15) is 4.79 Å². The Kier molecular flexibility index (Phi) is 4.85. The molecule has 0 bridgehead atoms. The molecule has 0 heterocycles. The van der Waals surface area contributed by atoms with Crippen LogP contribution in [0.4, 0.5) is 0 Å². The maximum absolute atomic E-state index is 11.2. The van der Waals surface area contributed by atoms with Gasteiger partial charge in [0.15, 0.2) is 5.96 Å². The van der Waals surface area contributed by atoms with E-state index in [1.165, 1.54) is 6.42 Å². The normalized spacial score (nSPS) is 9.50. The van der Waals surface area contributed by atoms with Crippen molar-refractivity contribution in [3.8, 4) is 0 Å². The lowest BCUT2D eigenvalue weighted by Crippen LogP contribution is -2.32. The number of hydrogen-bond donors (Lipinski definition) is 3. The van der Waals surface area contributed by atoms with E-state index in [0.717, 1.165) is 5.56 Å². The summed E-state index contributed by atoms with van der Waals surface area (Å²) in [5, 5.41) is 9.35. The first-order chi connectivity index (χ1) is 7.68. The highest BCUT2D eigenvalue weighted by molar-refractivity contribution is 5.81. The molecule has 5 heteroatoms. The second kappa shape index (κ2) is 6.44. The molecule has 4 N–H and O–H groups in total. The molecule has 1 aromatic rings. The third kappa shape index (κ3) is 4.99. The second-order valence-corrected chi connectivity index (χ2v) is 3.09. The largest absolute Gasteiger partial charge is 0.461 e. The number of esters is 1. The molecule has 16 heavy (non-hydrogen) atoms. The van der Waals surface area contributed by atoms with Crippen LogP contribution < -0.4 is 11.1 Å². The van der Waals surface area contributed by atoms with Crippen molar-refractivity contribution in [3.05, 3.63) is 42.3 Å². The quantitative estimate of drug-likeness (QED) is 0.381. The molecular weight excluding hydrogens is 206 g/mol. The number of nitrogens with one attached hydrogen (secondary N) is 2. The number of hydrogen-bond acceptors (Lipinski definition) is 3. The minimum atomic E-state index is -0.433. The van der Waals surface area contributed by atoms with Crippen molar-refractivity contribution in [3.63, 3.8) is 0 Å². The van der Waals surface area contributed by atoms with Crippen LogP contribution >= 0.6 is 0 Å². The Morgan fingerprint density at radius 2 is 2.12 bits per heavy atom. The van der Waals surface area contributed by atoms with E-state index in [0.29, 0.717) is 0 Å². The van der Waals surface area contributed by atoms with Crippen molar-refractivity contribution in [2.24, 2.45) is 5.73 Å². The molecule has 0 saturated carbocycles. The Hall–Kier alpha value is -2.04. The van der Waals surface area contributed by atoms with E-state index in [-0.39, 0.29) is 19.1 Å². The summed E-state index contributed by atoms with van der Waals surface area (Å²) in [4.78, 5) is 11.2. The van der Waals surface area contributed by atoms with Crippen LogP contribution in [-0.2, 0) is 16.1 Å². The van der Waals surface area contributed by atoms with Crippen molar-refractivity contribution in [2.45, 2.75) is 6.61 Å². The van der Waals surface area contributed by atoms with Gasteiger partial charge in [-0.15, -0.1) is 0 Å². The molecule has 5 nitrogen and oxygen atoms in total. The highest BCUT2D eigenvalue weighted by Crippen LogP contribution is 2.00. The number of nitrogens with two attached hydrogens (primary N) is 1. The molecule has 0 aliphatic rings. The van der Waals surface area contributed by atoms with E-state index < -0.39 is 5.97 Å². The van der Waals surface area contributed by atoms with E-state index in [1.807, 2.05) is 30.3 Å². The molecule has 0 saturated heterocycles. The summed E-state index contributed by atoms with van der Waals surface area (Å²) in [5.74, 6) is -0.607. The second-order valence-electron chi connectivity index (χ2n) is 3.09. The average molecular weight is 220 g/mol. The van der Waals surface area contributed by atoms with Crippen LogP contribution in [0.25, 0.3) is 0 Å². The lowest BCUT2D eigenvalue weighted by molar-refractivity contribution is -0.140. The molecule has 0 aliphatic heterocycles. The van der Waals surface area contributed by atoms with Crippen LogP contribution in [0.3, 0.4) is 0 Å². The summed E-state index contributed by atoms with van der Waals surface area (Å²) in [6, 6.07) is 9.41. The molecule has 0 aliphatic carbocycles. The van der Waals surface area contributed by atoms with Crippen LogP contribution in [0, 0.1) is 11.8 Å². The minimum absolute atomic E-state index is 0.174. The van der Waals surface area contributed by atoms with Gasteiger partial charge in [0.1, 0.15) is 6.61 Å². The van der Waals surface area contributed by atoms with Gasteiger partial charge in [-0.2, -0.15) is 0 Å². The highest BCUT2D eigenvalue weighted by atomic mass is 16.5. The first kappa shape index (κ1) is 12.0. The van der Waals surface area contributed by atoms with Crippen LogP contribution in [0.1, 0.15) is 5.56 Å². The molecule has 1 radical (unpaired) electrons. The fourth-order valence-corrected chi connectivity index (χ4v) is 1.03. The van der Waals surface area contributed by atoms with Crippen molar-refractivity contribution in [1.82, 2.24) is 5.32 Å². The van der Waals surface area contributed by atoms with Gasteiger partial charge in [-0.3, -0.25) is 10.2 Å². The zero-order chi connectivity index (χ0) is 11.8. The van der Waals surface area contributed by atoms with Crippen molar-refractivity contribution in [2.75, 3.05) is 6.54 Å². The Morgan fingerprint density at radius 1 is 1.44 bits per heavy atom. The molecule has 0 aromatic heterocycles. The third-order valence-electron chi connectivity index (χ3n) is 1.79. The zero-order valence-corrected chi connectivity index (χ0v) is 8.77.